The van der Waals surface area contributed by atoms with E-state index >= 15 is 0 Å². The van der Waals surface area contributed by atoms with Gasteiger partial charge in [-0.05, 0) is 48.9 Å². The standard InChI is InChI=1S/C14H15NO3S/c1-8-6-13(16)18-11-7-12(9(2)5-10(8)11)19-14(17)15(3)4/h5-7H,1-4H3. The van der Waals surface area contributed by atoms with Gasteiger partial charge in [0.1, 0.15) is 5.58 Å². The number of rotatable bonds is 1. The first-order valence-electron chi connectivity index (χ1n) is 5.82. The van der Waals surface area contributed by atoms with Crippen molar-refractivity contribution in [1.29, 1.82) is 0 Å². The average molecular weight is 277 g/mol. The molecule has 0 radical (unpaired) electrons. The molecule has 1 aromatic carbocycles. The maximum atomic E-state index is 11.7. The molecule has 19 heavy (non-hydrogen) atoms. The van der Waals surface area contributed by atoms with E-state index in [2.05, 4.69) is 0 Å². The molecular formula is C14H15NO3S. The van der Waals surface area contributed by atoms with Crippen molar-refractivity contribution < 1.29 is 9.21 Å². The van der Waals surface area contributed by atoms with E-state index in [9.17, 15) is 9.59 Å². The second kappa shape index (κ2) is 5.09. The van der Waals surface area contributed by atoms with Gasteiger partial charge in [-0.25, -0.2) is 4.79 Å². The van der Waals surface area contributed by atoms with Crippen LogP contribution in [0.5, 0.6) is 0 Å². The van der Waals surface area contributed by atoms with E-state index in [0.29, 0.717) is 5.58 Å². The fourth-order valence-electron chi connectivity index (χ4n) is 1.75. The molecule has 0 aliphatic heterocycles. The van der Waals surface area contributed by atoms with E-state index in [4.69, 9.17) is 4.42 Å². The Hall–Kier alpha value is -1.75. The van der Waals surface area contributed by atoms with Gasteiger partial charge in [-0.15, -0.1) is 0 Å². The van der Waals surface area contributed by atoms with E-state index < -0.39 is 0 Å². The monoisotopic (exact) mass is 277 g/mol. The van der Waals surface area contributed by atoms with Crippen LogP contribution in [0.1, 0.15) is 11.1 Å². The van der Waals surface area contributed by atoms with Gasteiger partial charge < -0.3 is 9.32 Å². The van der Waals surface area contributed by atoms with E-state index in [1.165, 1.54) is 11.0 Å². The van der Waals surface area contributed by atoms with Crippen LogP contribution in [0.15, 0.2) is 32.3 Å². The smallest absolute Gasteiger partial charge is 0.336 e. The van der Waals surface area contributed by atoms with E-state index in [1.807, 2.05) is 19.9 Å². The minimum atomic E-state index is -0.372. The van der Waals surface area contributed by atoms with Gasteiger partial charge in [0.25, 0.3) is 5.24 Å². The van der Waals surface area contributed by atoms with Gasteiger partial charge in [0.15, 0.2) is 0 Å². The average Bonchev–Trinajstić information content (AvgIpc) is 2.31. The zero-order valence-electron chi connectivity index (χ0n) is 11.3. The molecule has 0 spiro atoms. The summed E-state index contributed by atoms with van der Waals surface area (Å²) in [5.41, 5.74) is 2.02. The van der Waals surface area contributed by atoms with E-state index in [-0.39, 0.29) is 10.9 Å². The molecule has 0 saturated carbocycles. The first-order valence-corrected chi connectivity index (χ1v) is 6.64. The maximum Gasteiger partial charge on any atom is 0.336 e. The second-order valence-corrected chi connectivity index (χ2v) is 5.62. The number of thioether (sulfide) groups is 1. The molecule has 0 aliphatic carbocycles. The Bertz CT molecular complexity index is 704. The van der Waals surface area contributed by atoms with Crippen LogP contribution in [0.25, 0.3) is 11.0 Å². The van der Waals surface area contributed by atoms with Crippen LogP contribution < -0.4 is 5.63 Å². The van der Waals surface area contributed by atoms with Crippen LogP contribution in [0, 0.1) is 13.8 Å². The minimum absolute atomic E-state index is 0.0579. The number of amides is 1. The molecule has 0 aliphatic rings. The Morgan fingerprint density at radius 2 is 1.84 bits per heavy atom. The Labute approximate surface area is 115 Å². The molecule has 4 nitrogen and oxygen atoms in total. The summed E-state index contributed by atoms with van der Waals surface area (Å²) in [5.74, 6) is 0. The molecule has 2 rings (SSSR count). The molecule has 0 fully saturated rings. The summed E-state index contributed by atoms with van der Waals surface area (Å²) in [7, 11) is 3.41. The van der Waals surface area contributed by atoms with Gasteiger partial charge in [0, 0.05) is 30.4 Å². The van der Waals surface area contributed by atoms with Crippen LogP contribution in [-0.4, -0.2) is 24.2 Å². The predicted molar refractivity (Wildman–Crippen MR) is 76.9 cm³/mol. The number of hydrogen-bond donors (Lipinski definition) is 0. The zero-order chi connectivity index (χ0) is 14.2. The first-order chi connectivity index (χ1) is 8.88. The minimum Gasteiger partial charge on any atom is -0.423 e. The highest BCUT2D eigenvalue weighted by Gasteiger charge is 2.12. The Morgan fingerprint density at radius 3 is 2.47 bits per heavy atom. The Morgan fingerprint density at radius 1 is 1.16 bits per heavy atom. The van der Waals surface area contributed by atoms with Crippen LogP contribution in [0.2, 0.25) is 0 Å². The van der Waals surface area contributed by atoms with Gasteiger partial charge in [0.2, 0.25) is 0 Å². The van der Waals surface area contributed by atoms with Crippen molar-refractivity contribution >= 4 is 28.0 Å². The summed E-state index contributed by atoms with van der Waals surface area (Å²) in [5, 5.41) is 0.844. The van der Waals surface area contributed by atoms with Crippen molar-refractivity contribution in [2.45, 2.75) is 18.7 Å². The van der Waals surface area contributed by atoms with E-state index in [0.717, 1.165) is 33.2 Å². The van der Waals surface area contributed by atoms with Crippen LogP contribution in [0.3, 0.4) is 0 Å². The number of benzene rings is 1. The fraction of sp³-hybridized carbons (Fsp3) is 0.286. The molecule has 2 aromatic rings. The van der Waals surface area contributed by atoms with Crippen LogP contribution in [-0.2, 0) is 0 Å². The molecule has 1 aromatic heterocycles. The van der Waals surface area contributed by atoms with Gasteiger partial charge in [-0.2, -0.15) is 0 Å². The summed E-state index contributed by atoms with van der Waals surface area (Å²) in [6, 6.07) is 5.17. The first kappa shape index (κ1) is 13.7. The highest BCUT2D eigenvalue weighted by Crippen LogP contribution is 2.29. The molecule has 0 unspecified atom stereocenters. The maximum absolute atomic E-state index is 11.7. The normalized spacial score (nSPS) is 10.7. The lowest BCUT2D eigenvalue weighted by Gasteiger charge is -2.11. The van der Waals surface area contributed by atoms with Crippen molar-refractivity contribution in [2.24, 2.45) is 0 Å². The summed E-state index contributed by atoms with van der Waals surface area (Å²) >= 11 is 1.13. The lowest BCUT2D eigenvalue weighted by Crippen LogP contribution is -2.16. The third-order valence-corrected chi connectivity index (χ3v) is 4.01. The quantitative estimate of drug-likeness (QED) is 0.593. The molecule has 0 saturated heterocycles. The Balaban J connectivity index is 2.55. The molecule has 1 amide bonds. The number of fused-ring (bicyclic) bond motifs is 1. The predicted octanol–water partition coefficient (Wildman–Crippen LogP) is 3.18. The number of aryl methyl sites for hydroxylation is 2. The fourth-order valence-corrected chi connectivity index (χ4v) is 2.51. The number of hydrogen-bond acceptors (Lipinski definition) is 4. The summed E-state index contributed by atoms with van der Waals surface area (Å²) in [6.45, 7) is 3.81. The lowest BCUT2D eigenvalue weighted by atomic mass is 10.1. The summed E-state index contributed by atoms with van der Waals surface area (Å²) in [4.78, 5) is 25.4. The van der Waals surface area contributed by atoms with Gasteiger partial charge in [-0.3, -0.25) is 4.79 Å². The van der Waals surface area contributed by atoms with Crippen LogP contribution >= 0.6 is 11.8 Å². The summed E-state index contributed by atoms with van der Waals surface area (Å²) in [6.07, 6.45) is 0. The van der Waals surface area contributed by atoms with E-state index in [1.54, 1.807) is 20.2 Å². The molecule has 0 bridgehead atoms. The molecule has 0 N–H and O–H groups in total. The highest BCUT2D eigenvalue weighted by atomic mass is 32.2. The molecule has 1 heterocycles. The number of carbonyl (C=O) groups is 1. The molecule has 100 valence electrons. The van der Waals surface area contributed by atoms with Crippen molar-refractivity contribution in [3.63, 3.8) is 0 Å². The third-order valence-electron chi connectivity index (χ3n) is 2.81. The van der Waals surface area contributed by atoms with Crippen molar-refractivity contribution in [2.75, 3.05) is 14.1 Å². The zero-order valence-corrected chi connectivity index (χ0v) is 12.1. The molecule has 0 atom stereocenters. The van der Waals surface area contributed by atoms with Crippen LogP contribution in [0.4, 0.5) is 4.79 Å². The lowest BCUT2D eigenvalue weighted by molar-refractivity contribution is 0.241. The topological polar surface area (TPSA) is 50.5 Å². The largest absolute Gasteiger partial charge is 0.423 e. The number of carbonyl (C=O) groups excluding carboxylic acids is 1. The molecule has 5 heteroatoms. The van der Waals surface area contributed by atoms with Crippen molar-refractivity contribution in [3.05, 3.63) is 39.7 Å². The van der Waals surface area contributed by atoms with Crippen molar-refractivity contribution in [1.82, 2.24) is 4.90 Å². The van der Waals surface area contributed by atoms with Gasteiger partial charge >= 0.3 is 5.63 Å². The highest BCUT2D eigenvalue weighted by molar-refractivity contribution is 8.13. The second-order valence-electron chi connectivity index (χ2n) is 4.62. The van der Waals surface area contributed by atoms with Gasteiger partial charge in [0.05, 0.1) is 0 Å². The number of nitrogens with zero attached hydrogens (tertiary/aromatic N) is 1. The molecular weight excluding hydrogens is 262 g/mol. The SMILES string of the molecule is Cc1cc2c(C)cc(=O)oc2cc1SC(=O)N(C)C. The summed E-state index contributed by atoms with van der Waals surface area (Å²) < 4.78 is 5.19. The van der Waals surface area contributed by atoms with Gasteiger partial charge in [-0.1, -0.05) is 0 Å². The Kier molecular flexibility index (Phi) is 3.66. The third kappa shape index (κ3) is 2.81. The van der Waals surface area contributed by atoms with Crippen molar-refractivity contribution in [3.8, 4) is 0 Å².